The zero-order valence-electron chi connectivity index (χ0n) is 18.8. The Morgan fingerprint density at radius 1 is 1.09 bits per heavy atom. The normalized spacial score (nSPS) is 15.8. The van der Waals surface area contributed by atoms with Crippen LogP contribution >= 0.6 is 0 Å². The smallest absolute Gasteiger partial charge is 0.250 e. The van der Waals surface area contributed by atoms with E-state index in [0.29, 0.717) is 35.7 Å². The first kappa shape index (κ1) is 21.9. The molecule has 1 aliphatic heterocycles. The van der Waals surface area contributed by atoms with Crippen molar-refractivity contribution in [3.63, 3.8) is 0 Å². The molecule has 7 heteroatoms. The molecule has 0 amide bonds. The van der Waals surface area contributed by atoms with Gasteiger partial charge in [-0.2, -0.15) is 5.10 Å². The van der Waals surface area contributed by atoms with Crippen molar-refractivity contribution in [2.75, 3.05) is 6.61 Å². The third-order valence-corrected chi connectivity index (χ3v) is 5.48. The lowest BCUT2D eigenvalue weighted by Crippen LogP contribution is -2.37. The number of benzene rings is 2. The lowest BCUT2D eigenvalue weighted by molar-refractivity contribution is 0.0623. The van der Waals surface area contributed by atoms with Crippen LogP contribution in [0.25, 0.3) is 0 Å². The minimum absolute atomic E-state index is 0.0749. The highest BCUT2D eigenvalue weighted by Gasteiger charge is 2.23. The van der Waals surface area contributed by atoms with Gasteiger partial charge in [0.25, 0.3) is 0 Å². The van der Waals surface area contributed by atoms with Crippen molar-refractivity contribution in [3.8, 4) is 11.6 Å². The topological polar surface area (TPSA) is 68.6 Å². The predicted molar refractivity (Wildman–Crippen MR) is 122 cm³/mol. The molecule has 0 spiro atoms. The molecule has 2 aromatic carbocycles. The Balaban J connectivity index is 1.64. The molecule has 0 aliphatic carbocycles. The number of aliphatic imine (C=N–C) groups is 1. The third-order valence-electron chi connectivity index (χ3n) is 5.48. The highest BCUT2D eigenvalue weighted by molar-refractivity contribution is 6.00. The molecule has 2 heterocycles. The largest absolute Gasteiger partial charge is 0.434 e. The average Bonchev–Trinajstić information content (AvgIpc) is 2.78. The molecule has 0 saturated carbocycles. The second-order valence-corrected chi connectivity index (χ2v) is 8.07. The maximum atomic E-state index is 14.7. The molecule has 166 valence electrons. The summed E-state index contributed by atoms with van der Waals surface area (Å²) in [6.07, 6.45) is 1.32. The number of amidine groups is 1. The number of hydrogen-bond acceptors (Lipinski definition) is 6. The summed E-state index contributed by atoms with van der Waals surface area (Å²) in [5, 5.41) is 8.25. The third kappa shape index (κ3) is 4.78. The molecule has 6 nitrogen and oxygen atoms in total. The highest BCUT2D eigenvalue weighted by atomic mass is 19.1. The average molecular weight is 435 g/mol. The van der Waals surface area contributed by atoms with E-state index in [4.69, 9.17) is 14.6 Å². The first-order valence-electron chi connectivity index (χ1n) is 10.8. The lowest BCUT2D eigenvalue weighted by Gasteiger charge is -2.23. The zero-order valence-corrected chi connectivity index (χ0v) is 18.8. The van der Waals surface area contributed by atoms with Crippen molar-refractivity contribution in [1.82, 2.24) is 15.7 Å². The Morgan fingerprint density at radius 2 is 1.94 bits per heavy atom. The first-order chi connectivity index (χ1) is 15.4. The van der Waals surface area contributed by atoms with E-state index < -0.39 is 5.82 Å². The van der Waals surface area contributed by atoms with Gasteiger partial charge in [0.05, 0.1) is 23.9 Å². The van der Waals surface area contributed by atoms with Crippen molar-refractivity contribution in [1.29, 1.82) is 0 Å². The van der Waals surface area contributed by atoms with E-state index in [2.05, 4.69) is 47.7 Å². The van der Waals surface area contributed by atoms with Gasteiger partial charge in [0.1, 0.15) is 0 Å². The molecule has 0 fully saturated rings. The Labute approximate surface area is 187 Å². The Bertz CT molecular complexity index is 1160. The molecule has 32 heavy (non-hydrogen) atoms. The molecule has 0 saturated heterocycles. The zero-order chi connectivity index (χ0) is 22.7. The fraction of sp³-hybridized carbons (Fsp3) is 0.320. The summed E-state index contributed by atoms with van der Waals surface area (Å²) in [5.74, 6) is 0.370. The summed E-state index contributed by atoms with van der Waals surface area (Å²) >= 11 is 0. The number of hydroxylamine groups is 1. The number of hydrogen-bond donors (Lipinski definition) is 1. The van der Waals surface area contributed by atoms with Crippen LogP contribution in [0.5, 0.6) is 11.6 Å². The number of halogens is 1. The van der Waals surface area contributed by atoms with E-state index in [0.717, 1.165) is 6.42 Å². The van der Waals surface area contributed by atoms with E-state index in [-0.39, 0.29) is 17.7 Å². The van der Waals surface area contributed by atoms with E-state index in [1.54, 1.807) is 24.3 Å². The minimum atomic E-state index is -0.397. The Morgan fingerprint density at radius 3 is 2.72 bits per heavy atom. The number of rotatable bonds is 6. The van der Waals surface area contributed by atoms with Gasteiger partial charge in [-0.3, -0.25) is 9.83 Å². The van der Waals surface area contributed by atoms with Gasteiger partial charge < -0.3 is 4.74 Å². The monoisotopic (exact) mass is 434 g/mol. The van der Waals surface area contributed by atoms with Crippen LogP contribution in [0.15, 0.2) is 47.5 Å². The number of aromatic nitrogens is 2. The Hall–Kier alpha value is -3.32. The van der Waals surface area contributed by atoms with Crippen LogP contribution in [0.3, 0.4) is 0 Å². The molecular weight excluding hydrogens is 407 g/mol. The molecule has 0 radical (unpaired) electrons. The molecule has 4 rings (SSSR count). The van der Waals surface area contributed by atoms with Crippen molar-refractivity contribution >= 4 is 5.84 Å². The summed E-state index contributed by atoms with van der Waals surface area (Å²) in [6.45, 7) is 8.36. The van der Waals surface area contributed by atoms with Crippen LogP contribution < -0.4 is 10.2 Å². The quantitative estimate of drug-likeness (QED) is 0.604. The second kappa shape index (κ2) is 9.44. The van der Waals surface area contributed by atoms with Gasteiger partial charge in [0.2, 0.25) is 5.88 Å². The van der Waals surface area contributed by atoms with Crippen molar-refractivity contribution in [2.24, 2.45) is 4.99 Å². The van der Waals surface area contributed by atoms with Gasteiger partial charge in [-0.05, 0) is 62.4 Å². The SMILES string of the molecule is CCc1cccc(Oc2nnc(C)cc2C2=NC(Cc3ccc(C)cc3C)CON2)c1F. The standard InChI is InChI=1S/C25H27FN4O2/c1-5-18-7-6-8-22(23(18)26)32-25-21(12-17(4)28-29-25)24-27-20(14-31-30-24)13-19-10-9-15(2)11-16(19)3/h6-12,20H,5,13-14H2,1-4H3,(H,27,30). The Kier molecular flexibility index (Phi) is 6.46. The molecule has 1 aliphatic rings. The van der Waals surface area contributed by atoms with Crippen LogP contribution in [-0.4, -0.2) is 28.7 Å². The van der Waals surface area contributed by atoms with Crippen LogP contribution in [0.2, 0.25) is 0 Å². The van der Waals surface area contributed by atoms with Crippen LogP contribution in [-0.2, 0) is 17.7 Å². The van der Waals surface area contributed by atoms with Crippen LogP contribution in [0.4, 0.5) is 4.39 Å². The van der Waals surface area contributed by atoms with E-state index >= 15 is 0 Å². The van der Waals surface area contributed by atoms with E-state index in [9.17, 15) is 4.39 Å². The summed E-state index contributed by atoms with van der Waals surface area (Å²) in [6, 6.07) is 13.2. The van der Waals surface area contributed by atoms with Gasteiger partial charge in [-0.1, -0.05) is 42.8 Å². The number of aryl methyl sites for hydroxylation is 4. The predicted octanol–water partition coefficient (Wildman–Crippen LogP) is 4.79. The molecule has 1 aromatic heterocycles. The summed E-state index contributed by atoms with van der Waals surface area (Å²) in [5.41, 5.74) is 8.41. The summed E-state index contributed by atoms with van der Waals surface area (Å²) < 4.78 is 20.6. The summed E-state index contributed by atoms with van der Waals surface area (Å²) in [4.78, 5) is 10.5. The molecular formula is C25H27FN4O2. The molecule has 1 N–H and O–H groups in total. The van der Waals surface area contributed by atoms with Crippen molar-refractivity contribution in [3.05, 3.63) is 81.8 Å². The summed E-state index contributed by atoms with van der Waals surface area (Å²) in [7, 11) is 0. The van der Waals surface area contributed by atoms with Gasteiger partial charge in [0.15, 0.2) is 17.4 Å². The fourth-order valence-electron chi connectivity index (χ4n) is 3.75. The van der Waals surface area contributed by atoms with Crippen molar-refractivity contribution in [2.45, 2.75) is 46.6 Å². The van der Waals surface area contributed by atoms with E-state index in [1.165, 1.54) is 16.7 Å². The lowest BCUT2D eigenvalue weighted by atomic mass is 9.99. The molecule has 3 aromatic rings. The van der Waals surface area contributed by atoms with Gasteiger partial charge in [-0.25, -0.2) is 9.87 Å². The van der Waals surface area contributed by atoms with Gasteiger partial charge >= 0.3 is 0 Å². The van der Waals surface area contributed by atoms with Gasteiger partial charge in [-0.15, -0.1) is 5.10 Å². The molecule has 1 atom stereocenters. The van der Waals surface area contributed by atoms with Crippen LogP contribution in [0, 0.1) is 26.6 Å². The molecule has 0 bridgehead atoms. The minimum Gasteiger partial charge on any atom is -0.434 e. The molecule has 1 unspecified atom stereocenters. The second-order valence-electron chi connectivity index (χ2n) is 8.07. The van der Waals surface area contributed by atoms with E-state index in [1.807, 2.05) is 13.8 Å². The van der Waals surface area contributed by atoms with Gasteiger partial charge in [0, 0.05) is 0 Å². The fourth-order valence-corrected chi connectivity index (χ4v) is 3.75. The number of nitrogens with one attached hydrogen (secondary N) is 1. The van der Waals surface area contributed by atoms with Crippen LogP contribution in [0.1, 0.15) is 40.4 Å². The highest BCUT2D eigenvalue weighted by Crippen LogP contribution is 2.28. The first-order valence-corrected chi connectivity index (χ1v) is 10.8. The van der Waals surface area contributed by atoms with Crippen molar-refractivity contribution < 1.29 is 14.0 Å². The number of nitrogens with zero attached hydrogens (tertiary/aromatic N) is 3. The maximum absolute atomic E-state index is 14.7. The number of ether oxygens (including phenoxy) is 1. The maximum Gasteiger partial charge on any atom is 0.250 e.